The molecule has 1 aromatic heterocycles. The van der Waals surface area contributed by atoms with Gasteiger partial charge < -0.3 is 14.6 Å². The van der Waals surface area contributed by atoms with Gasteiger partial charge in [-0.15, -0.1) is 0 Å². The largest absolute Gasteiger partial charge is 0.494 e. The Balaban J connectivity index is 2.16. The van der Waals surface area contributed by atoms with Crippen LogP contribution < -0.4 is 10.1 Å². The van der Waals surface area contributed by atoms with Crippen molar-refractivity contribution in [3.63, 3.8) is 0 Å². The third-order valence-corrected chi connectivity index (χ3v) is 5.89. The number of aryl methyl sites for hydroxylation is 1. The molecule has 1 N–H and O–H groups in total. The molecule has 0 spiro atoms. The van der Waals surface area contributed by atoms with Gasteiger partial charge in [-0.25, -0.2) is 4.39 Å². The molecule has 158 valence electrons. The first-order chi connectivity index (χ1) is 14.3. The molecule has 3 aromatic rings. The summed E-state index contributed by atoms with van der Waals surface area (Å²) < 4.78 is 21.6. The van der Waals surface area contributed by atoms with Gasteiger partial charge >= 0.3 is 0 Å². The van der Waals surface area contributed by atoms with Crippen LogP contribution >= 0.6 is 12.2 Å². The molecule has 6 heteroatoms. The number of ether oxygens (including phenoxy) is 1. The van der Waals surface area contributed by atoms with Gasteiger partial charge in [-0.1, -0.05) is 49.0 Å². The van der Waals surface area contributed by atoms with Gasteiger partial charge in [0.25, 0.3) is 0 Å². The van der Waals surface area contributed by atoms with Gasteiger partial charge in [0.2, 0.25) is 5.91 Å². The van der Waals surface area contributed by atoms with Gasteiger partial charge in [0.15, 0.2) is 11.6 Å². The summed E-state index contributed by atoms with van der Waals surface area (Å²) in [5.74, 6) is -0.397. The zero-order valence-corrected chi connectivity index (χ0v) is 18.8. The summed E-state index contributed by atoms with van der Waals surface area (Å²) in [4.78, 5) is 13.2. The van der Waals surface area contributed by atoms with Crippen LogP contribution in [0.15, 0.2) is 36.4 Å². The minimum atomic E-state index is -0.467. The maximum Gasteiger partial charge on any atom is 0.224 e. The van der Waals surface area contributed by atoms with Crippen LogP contribution in [0.25, 0.3) is 10.9 Å². The lowest BCUT2D eigenvalue weighted by molar-refractivity contribution is -0.121. The van der Waals surface area contributed by atoms with Crippen LogP contribution in [0.4, 0.5) is 4.39 Å². The topological polar surface area (TPSA) is 43.3 Å². The second-order valence-corrected chi connectivity index (χ2v) is 8.01. The predicted molar refractivity (Wildman–Crippen MR) is 123 cm³/mol. The van der Waals surface area contributed by atoms with Crippen molar-refractivity contribution >= 4 is 34.0 Å². The summed E-state index contributed by atoms with van der Waals surface area (Å²) in [6, 6.07) is 11.1. The zero-order chi connectivity index (χ0) is 22.0. The number of thiocarbonyl (C=S) groups is 1. The predicted octanol–water partition coefficient (Wildman–Crippen LogP) is 5.09. The molecule has 0 bridgehead atoms. The third-order valence-electron chi connectivity index (χ3n) is 5.47. The molecular weight excluding hydrogens is 399 g/mol. The fraction of sp³-hybridized carbons (Fsp3) is 0.333. The standard InChI is InChI=1S/C24H27FN2O2S/c1-6-15(3)26-23(28)12-18-16(4)27(24(30)17-9-7-14(2)8-10-17)21-13-20(25)22(29-5)11-19(18)21/h7-11,13,15H,6,12H2,1-5H3,(H,26,28). The van der Waals surface area contributed by atoms with E-state index in [0.29, 0.717) is 10.5 Å². The Morgan fingerprint density at radius 3 is 2.50 bits per heavy atom. The first-order valence-electron chi connectivity index (χ1n) is 10.0. The maximum absolute atomic E-state index is 14.6. The summed E-state index contributed by atoms with van der Waals surface area (Å²) in [6.07, 6.45) is 1.04. The van der Waals surface area contributed by atoms with Gasteiger partial charge in [-0.3, -0.25) is 4.79 Å². The summed E-state index contributed by atoms with van der Waals surface area (Å²) >= 11 is 5.77. The summed E-state index contributed by atoms with van der Waals surface area (Å²) in [6.45, 7) is 7.92. The number of aromatic nitrogens is 1. The van der Waals surface area contributed by atoms with Gasteiger partial charge in [0.1, 0.15) is 4.99 Å². The van der Waals surface area contributed by atoms with Crippen molar-refractivity contribution in [2.24, 2.45) is 0 Å². The fourth-order valence-electron chi connectivity index (χ4n) is 3.54. The van der Waals surface area contributed by atoms with E-state index in [4.69, 9.17) is 17.0 Å². The first kappa shape index (κ1) is 22.0. The van der Waals surface area contributed by atoms with E-state index in [1.165, 1.54) is 13.2 Å². The number of hydrogen-bond acceptors (Lipinski definition) is 3. The lowest BCUT2D eigenvalue weighted by atomic mass is 10.1. The molecule has 1 unspecified atom stereocenters. The summed E-state index contributed by atoms with van der Waals surface area (Å²) in [5, 5.41) is 3.76. The molecule has 0 aliphatic carbocycles. The minimum Gasteiger partial charge on any atom is -0.494 e. The van der Waals surface area contributed by atoms with Crippen molar-refractivity contribution < 1.29 is 13.9 Å². The molecule has 1 amide bonds. The molecule has 3 rings (SSSR count). The van der Waals surface area contributed by atoms with Gasteiger partial charge in [-0.05, 0) is 38.8 Å². The molecule has 2 aromatic carbocycles. The van der Waals surface area contributed by atoms with Crippen LogP contribution in [0, 0.1) is 19.7 Å². The van der Waals surface area contributed by atoms with Crippen molar-refractivity contribution in [2.45, 2.75) is 46.6 Å². The number of nitrogens with zero attached hydrogens (tertiary/aromatic N) is 1. The Bertz CT molecular complexity index is 1100. The van der Waals surface area contributed by atoms with Gasteiger partial charge in [0, 0.05) is 28.8 Å². The maximum atomic E-state index is 14.6. The Morgan fingerprint density at radius 2 is 1.90 bits per heavy atom. The highest BCUT2D eigenvalue weighted by atomic mass is 32.1. The van der Waals surface area contributed by atoms with E-state index in [1.807, 2.05) is 56.5 Å². The number of carbonyl (C=O) groups is 1. The van der Waals surface area contributed by atoms with E-state index in [2.05, 4.69) is 5.32 Å². The second kappa shape index (κ2) is 8.96. The number of halogens is 1. The zero-order valence-electron chi connectivity index (χ0n) is 18.0. The smallest absolute Gasteiger partial charge is 0.224 e. The van der Waals surface area contributed by atoms with Gasteiger partial charge in [-0.2, -0.15) is 0 Å². The lowest BCUT2D eigenvalue weighted by Crippen LogP contribution is -2.33. The number of methoxy groups -OCH3 is 1. The van der Waals surface area contributed by atoms with Crippen LogP contribution in [0.5, 0.6) is 5.75 Å². The fourth-order valence-corrected chi connectivity index (χ4v) is 3.91. The van der Waals surface area contributed by atoms with E-state index >= 15 is 0 Å². The van der Waals surface area contributed by atoms with Crippen molar-refractivity contribution in [3.8, 4) is 5.75 Å². The van der Waals surface area contributed by atoms with Crippen LogP contribution in [-0.2, 0) is 11.2 Å². The SMILES string of the molecule is CCC(C)NC(=O)Cc1c(C)n(C(=S)c2ccc(C)cc2)c2cc(F)c(OC)cc12. The van der Waals surface area contributed by atoms with E-state index < -0.39 is 5.82 Å². The van der Waals surface area contributed by atoms with Crippen molar-refractivity contribution in [1.29, 1.82) is 0 Å². The number of fused-ring (bicyclic) bond motifs is 1. The minimum absolute atomic E-state index is 0.0731. The molecule has 0 aliphatic heterocycles. The highest BCUT2D eigenvalue weighted by Crippen LogP contribution is 2.32. The molecule has 30 heavy (non-hydrogen) atoms. The molecule has 0 radical (unpaired) electrons. The first-order valence-corrected chi connectivity index (χ1v) is 10.5. The molecule has 0 fully saturated rings. The van der Waals surface area contributed by atoms with E-state index in [9.17, 15) is 9.18 Å². The van der Waals surface area contributed by atoms with Gasteiger partial charge in [0.05, 0.1) is 19.0 Å². The monoisotopic (exact) mass is 426 g/mol. The molecule has 0 aliphatic rings. The molecule has 4 nitrogen and oxygen atoms in total. The molecular formula is C24H27FN2O2S. The second-order valence-electron chi connectivity index (χ2n) is 7.63. The number of carbonyl (C=O) groups excluding carboxylic acids is 1. The average molecular weight is 427 g/mol. The average Bonchev–Trinajstić information content (AvgIpc) is 2.97. The van der Waals surface area contributed by atoms with Crippen LogP contribution in [0.3, 0.4) is 0 Å². The number of amides is 1. The molecule has 0 saturated carbocycles. The number of nitrogens with one attached hydrogen (secondary N) is 1. The van der Waals surface area contributed by atoms with E-state index in [-0.39, 0.29) is 24.1 Å². The summed E-state index contributed by atoms with van der Waals surface area (Å²) in [5.41, 5.74) is 4.26. The van der Waals surface area contributed by atoms with E-state index in [1.54, 1.807) is 6.07 Å². The Morgan fingerprint density at radius 1 is 1.23 bits per heavy atom. The Hall–Kier alpha value is -2.73. The van der Waals surface area contributed by atoms with Crippen LogP contribution in [0.1, 0.15) is 42.7 Å². The number of rotatable bonds is 6. The highest BCUT2D eigenvalue weighted by Gasteiger charge is 2.22. The van der Waals surface area contributed by atoms with Crippen molar-refractivity contribution in [2.75, 3.05) is 7.11 Å². The quantitative estimate of drug-likeness (QED) is 0.559. The highest BCUT2D eigenvalue weighted by molar-refractivity contribution is 7.80. The van der Waals surface area contributed by atoms with Crippen molar-refractivity contribution in [3.05, 3.63) is 64.6 Å². The molecule has 1 heterocycles. The molecule has 0 saturated heterocycles. The lowest BCUT2D eigenvalue weighted by Gasteiger charge is -2.12. The Kier molecular flexibility index (Phi) is 6.56. The van der Waals surface area contributed by atoms with Crippen molar-refractivity contribution in [1.82, 2.24) is 9.88 Å². The Labute approximate surface area is 182 Å². The van der Waals surface area contributed by atoms with Crippen LogP contribution in [-0.4, -0.2) is 28.6 Å². The normalized spacial score (nSPS) is 12.1. The van der Waals surface area contributed by atoms with E-state index in [0.717, 1.165) is 34.2 Å². The molecule has 1 atom stereocenters. The third kappa shape index (κ3) is 4.24. The number of benzene rings is 2. The van der Waals surface area contributed by atoms with Crippen LogP contribution in [0.2, 0.25) is 0 Å². The summed E-state index contributed by atoms with van der Waals surface area (Å²) in [7, 11) is 1.43. The number of hydrogen-bond donors (Lipinski definition) is 1.